The fraction of sp³-hybridized carbons (Fsp3) is 0.267. The van der Waals surface area contributed by atoms with Gasteiger partial charge in [-0.25, -0.2) is 4.39 Å². The van der Waals surface area contributed by atoms with Gasteiger partial charge >= 0.3 is 0 Å². The molecule has 0 spiro atoms. The van der Waals surface area contributed by atoms with Gasteiger partial charge in [-0.3, -0.25) is 9.69 Å². The number of hydrogen-bond donors (Lipinski definition) is 1. The molecule has 1 amide bonds. The quantitative estimate of drug-likeness (QED) is 0.915. The van der Waals surface area contributed by atoms with Crippen LogP contribution in [0.3, 0.4) is 0 Å². The summed E-state index contributed by atoms with van der Waals surface area (Å²) >= 11 is 0. The molecule has 5 heteroatoms. The molecule has 1 aliphatic rings. The zero-order chi connectivity index (χ0) is 14.3. The summed E-state index contributed by atoms with van der Waals surface area (Å²) in [5, 5.41) is 2.83. The van der Waals surface area contributed by atoms with Crippen molar-refractivity contribution in [2.45, 2.75) is 13.1 Å². The molecule has 1 aromatic heterocycles. The summed E-state index contributed by atoms with van der Waals surface area (Å²) in [7, 11) is 1.85. The van der Waals surface area contributed by atoms with Crippen LogP contribution in [-0.2, 0) is 4.79 Å². The summed E-state index contributed by atoms with van der Waals surface area (Å²) in [4.78, 5) is 13.2. The minimum absolute atomic E-state index is 0.0302. The third-order valence-electron chi connectivity index (χ3n) is 3.56. The average molecular weight is 274 g/mol. The van der Waals surface area contributed by atoms with Gasteiger partial charge in [-0.2, -0.15) is 0 Å². The van der Waals surface area contributed by atoms with Gasteiger partial charge in [0.2, 0.25) is 5.91 Å². The van der Waals surface area contributed by atoms with E-state index < -0.39 is 0 Å². The Morgan fingerprint density at radius 2 is 2.15 bits per heavy atom. The first-order valence-electron chi connectivity index (χ1n) is 6.41. The van der Waals surface area contributed by atoms with Gasteiger partial charge in [0.25, 0.3) is 0 Å². The summed E-state index contributed by atoms with van der Waals surface area (Å²) in [5.74, 6) is 0.965. The molecule has 4 nitrogen and oxygen atoms in total. The smallest absolute Gasteiger partial charge is 0.235 e. The van der Waals surface area contributed by atoms with Gasteiger partial charge in [0.05, 0.1) is 6.54 Å². The largest absolute Gasteiger partial charge is 0.457 e. The summed E-state index contributed by atoms with van der Waals surface area (Å²) < 4.78 is 19.4. The lowest BCUT2D eigenvalue weighted by atomic mass is 10.1. The lowest BCUT2D eigenvalue weighted by Crippen LogP contribution is -2.23. The second kappa shape index (κ2) is 4.76. The van der Waals surface area contributed by atoms with Crippen molar-refractivity contribution in [3.8, 4) is 11.3 Å². The highest BCUT2D eigenvalue weighted by Crippen LogP contribution is 2.30. The van der Waals surface area contributed by atoms with Crippen LogP contribution in [0.25, 0.3) is 11.3 Å². The van der Waals surface area contributed by atoms with Crippen molar-refractivity contribution in [1.82, 2.24) is 10.2 Å². The average Bonchev–Trinajstić information content (AvgIpc) is 2.99. The van der Waals surface area contributed by atoms with E-state index in [2.05, 4.69) is 5.32 Å². The molecule has 2 aromatic rings. The highest BCUT2D eigenvalue weighted by Gasteiger charge is 2.30. The third kappa shape index (κ3) is 2.10. The molecule has 1 aromatic carbocycles. The summed E-state index contributed by atoms with van der Waals surface area (Å²) in [6.07, 6.45) is -0.259. The first-order valence-corrected chi connectivity index (χ1v) is 6.41. The molecular weight excluding hydrogens is 259 g/mol. The molecule has 1 saturated heterocycles. The van der Waals surface area contributed by atoms with Crippen LogP contribution in [0.2, 0.25) is 0 Å². The number of amides is 1. The maximum atomic E-state index is 13.6. The number of hydrogen-bond acceptors (Lipinski definition) is 3. The van der Waals surface area contributed by atoms with E-state index in [1.165, 1.54) is 6.07 Å². The molecule has 0 aliphatic carbocycles. The first-order chi connectivity index (χ1) is 9.56. The Labute approximate surface area is 116 Å². The maximum Gasteiger partial charge on any atom is 0.235 e. The second-order valence-corrected chi connectivity index (χ2v) is 5.00. The third-order valence-corrected chi connectivity index (χ3v) is 3.56. The normalized spacial score (nSPS) is 19.4. The van der Waals surface area contributed by atoms with Crippen LogP contribution >= 0.6 is 0 Å². The molecule has 3 rings (SSSR count). The van der Waals surface area contributed by atoms with Crippen molar-refractivity contribution in [3.05, 3.63) is 47.5 Å². The molecule has 0 radical (unpaired) electrons. The summed E-state index contributed by atoms with van der Waals surface area (Å²) in [6, 6.07) is 8.51. The van der Waals surface area contributed by atoms with Crippen LogP contribution in [0, 0.1) is 12.7 Å². The number of nitrogens with zero attached hydrogens (tertiary/aromatic N) is 1. The van der Waals surface area contributed by atoms with Crippen LogP contribution in [-0.4, -0.2) is 24.4 Å². The van der Waals surface area contributed by atoms with Gasteiger partial charge in [-0.1, -0.05) is 12.1 Å². The zero-order valence-electron chi connectivity index (χ0n) is 11.3. The molecule has 0 bridgehead atoms. The Balaban J connectivity index is 1.94. The predicted molar refractivity (Wildman–Crippen MR) is 72.4 cm³/mol. The molecule has 2 heterocycles. The van der Waals surface area contributed by atoms with E-state index in [9.17, 15) is 9.18 Å². The number of likely N-dealkylation sites (N-methyl/N-ethyl adjacent to an activating group) is 1. The standard InChI is InChI=1S/C15H15FN2O2/c1-9-10(4-3-5-11(9)16)12-6-7-13(20-12)15-17-14(19)8-18(15)2/h3-7,15H,8H2,1-2H3,(H,17,19)/t15-/m1/s1. The topological polar surface area (TPSA) is 45.5 Å². The van der Waals surface area contributed by atoms with Crippen molar-refractivity contribution in [1.29, 1.82) is 0 Å². The minimum atomic E-state index is -0.259. The predicted octanol–water partition coefficient (Wildman–Crippen LogP) is 2.45. The second-order valence-electron chi connectivity index (χ2n) is 5.00. The number of halogens is 1. The van der Waals surface area contributed by atoms with Crippen LogP contribution in [0.1, 0.15) is 17.5 Å². The molecule has 1 atom stereocenters. The Bertz CT molecular complexity index is 666. The zero-order valence-corrected chi connectivity index (χ0v) is 11.3. The van der Waals surface area contributed by atoms with Crippen LogP contribution in [0.5, 0.6) is 0 Å². The maximum absolute atomic E-state index is 13.6. The van der Waals surface area contributed by atoms with Crippen LogP contribution < -0.4 is 5.32 Å². The van der Waals surface area contributed by atoms with Gasteiger partial charge in [-0.05, 0) is 37.7 Å². The van der Waals surface area contributed by atoms with E-state index >= 15 is 0 Å². The van der Waals surface area contributed by atoms with Crippen molar-refractivity contribution < 1.29 is 13.6 Å². The van der Waals surface area contributed by atoms with Gasteiger partial charge in [0, 0.05) is 5.56 Å². The van der Waals surface area contributed by atoms with Gasteiger partial charge in [0.1, 0.15) is 23.5 Å². The molecule has 0 saturated carbocycles. The fourth-order valence-corrected chi connectivity index (χ4v) is 2.43. The molecule has 1 aliphatic heterocycles. The van der Waals surface area contributed by atoms with Crippen LogP contribution in [0.4, 0.5) is 4.39 Å². The Hall–Kier alpha value is -2.14. The van der Waals surface area contributed by atoms with Gasteiger partial charge in [0.15, 0.2) is 0 Å². The van der Waals surface area contributed by atoms with E-state index in [0.717, 1.165) is 5.56 Å². The lowest BCUT2D eigenvalue weighted by Gasteiger charge is -2.15. The molecule has 1 N–H and O–H groups in total. The molecule has 0 unspecified atom stereocenters. The fourth-order valence-electron chi connectivity index (χ4n) is 2.43. The Morgan fingerprint density at radius 1 is 1.35 bits per heavy atom. The monoisotopic (exact) mass is 274 g/mol. The Kier molecular flexibility index (Phi) is 3.06. The Morgan fingerprint density at radius 3 is 2.85 bits per heavy atom. The lowest BCUT2D eigenvalue weighted by molar-refractivity contribution is -0.118. The first kappa shape index (κ1) is 12.9. The highest BCUT2D eigenvalue weighted by molar-refractivity contribution is 5.80. The van der Waals surface area contributed by atoms with Crippen molar-refractivity contribution in [3.63, 3.8) is 0 Å². The number of carbonyl (C=O) groups excluding carboxylic acids is 1. The van der Waals surface area contributed by atoms with Crippen molar-refractivity contribution in [2.75, 3.05) is 13.6 Å². The van der Waals surface area contributed by atoms with E-state index in [1.54, 1.807) is 19.1 Å². The van der Waals surface area contributed by atoms with E-state index in [4.69, 9.17) is 4.42 Å². The molecule has 20 heavy (non-hydrogen) atoms. The van der Waals surface area contributed by atoms with E-state index in [0.29, 0.717) is 23.6 Å². The van der Waals surface area contributed by atoms with Crippen LogP contribution in [0.15, 0.2) is 34.7 Å². The van der Waals surface area contributed by atoms with Gasteiger partial charge < -0.3 is 9.73 Å². The number of benzene rings is 1. The highest BCUT2D eigenvalue weighted by atomic mass is 19.1. The number of nitrogens with one attached hydrogen (secondary N) is 1. The number of furan rings is 1. The SMILES string of the molecule is Cc1c(F)cccc1-c1ccc([C@@H]2NC(=O)CN2C)o1. The molecule has 104 valence electrons. The van der Waals surface area contributed by atoms with Gasteiger partial charge in [-0.15, -0.1) is 0 Å². The van der Waals surface area contributed by atoms with Crippen molar-refractivity contribution >= 4 is 5.91 Å². The number of rotatable bonds is 2. The molecular formula is C15H15FN2O2. The summed E-state index contributed by atoms with van der Waals surface area (Å²) in [6.45, 7) is 2.07. The van der Waals surface area contributed by atoms with Crippen molar-refractivity contribution in [2.24, 2.45) is 0 Å². The van der Waals surface area contributed by atoms with E-state index in [1.807, 2.05) is 24.1 Å². The number of carbonyl (C=O) groups is 1. The van der Waals surface area contributed by atoms with E-state index in [-0.39, 0.29) is 17.9 Å². The summed E-state index contributed by atoms with van der Waals surface area (Å²) in [5.41, 5.74) is 1.28. The minimum Gasteiger partial charge on any atom is -0.457 e. The molecule has 1 fully saturated rings.